The zero-order valence-electron chi connectivity index (χ0n) is 23.2. The zero-order valence-corrected chi connectivity index (χ0v) is 23.2. The van der Waals surface area contributed by atoms with Crippen LogP contribution in [0, 0.1) is 0 Å². The smallest absolute Gasteiger partial charge is 0.295 e. The SMILES string of the molecule is CCCCOc1ccc(C2C(=C(O)c3ccc(OC(C)C)cc3)C(=O)C(=O)N2CCCN2CCOCC2)cc1. The maximum Gasteiger partial charge on any atom is 0.295 e. The Bertz CT molecular complexity index is 1140. The highest BCUT2D eigenvalue weighted by Gasteiger charge is 2.45. The van der Waals surface area contributed by atoms with Gasteiger partial charge in [-0.1, -0.05) is 25.5 Å². The molecule has 1 atom stereocenters. The fraction of sp³-hybridized carbons (Fsp3) is 0.484. The standard InChI is InChI=1S/C31H40N2O6/c1-4-5-19-38-25-11-7-23(8-12-25)28-27(29(34)24-9-13-26(14-10-24)39-22(2)3)30(35)31(36)33(28)16-6-15-32-17-20-37-21-18-32/h7-14,22,28,34H,4-6,15-21H2,1-3H3. The van der Waals surface area contributed by atoms with Crippen LogP contribution in [0.4, 0.5) is 0 Å². The lowest BCUT2D eigenvalue weighted by molar-refractivity contribution is -0.140. The van der Waals surface area contributed by atoms with Gasteiger partial charge in [0, 0.05) is 31.7 Å². The van der Waals surface area contributed by atoms with Crippen molar-refractivity contribution < 1.29 is 28.9 Å². The van der Waals surface area contributed by atoms with Gasteiger partial charge in [0.25, 0.3) is 11.7 Å². The minimum atomic E-state index is -0.689. The molecule has 39 heavy (non-hydrogen) atoms. The molecule has 1 amide bonds. The molecule has 8 nitrogen and oxygen atoms in total. The topological polar surface area (TPSA) is 88.5 Å². The molecule has 0 aliphatic carbocycles. The van der Waals surface area contributed by atoms with Crippen LogP contribution in [-0.4, -0.2) is 78.7 Å². The summed E-state index contributed by atoms with van der Waals surface area (Å²) < 4.78 is 17.0. The predicted octanol–water partition coefficient (Wildman–Crippen LogP) is 4.80. The van der Waals surface area contributed by atoms with E-state index in [1.165, 1.54) is 0 Å². The number of morpholine rings is 1. The average Bonchev–Trinajstić information content (AvgIpc) is 3.19. The van der Waals surface area contributed by atoms with E-state index in [4.69, 9.17) is 14.2 Å². The zero-order chi connectivity index (χ0) is 27.8. The summed E-state index contributed by atoms with van der Waals surface area (Å²) in [6, 6.07) is 13.7. The Balaban J connectivity index is 1.62. The van der Waals surface area contributed by atoms with Gasteiger partial charge in [-0.2, -0.15) is 0 Å². The number of likely N-dealkylation sites (tertiary alicyclic amines) is 1. The molecule has 2 saturated heterocycles. The van der Waals surface area contributed by atoms with E-state index in [-0.39, 0.29) is 17.4 Å². The maximum absolute atomic E-state index is 13.3. The molecular weight excluding hydrogens is 496 g/mol. The number of carbonyl (C=O) groups excluding carboxylic acids is 2. The van der Waals surface area contributed by atoms with Gasteiger partial charge in [0.05, 0.1) is 37.5 Å². The molecule has 2 aromatic rings. The molecule has 0 spiro atoms. The van der Waals surface area contributed by atoms with Gasteiger partial charge in [0.1, 0.15) is 17.3 Å². The van der Waals surface area contributed by atoms with Gasteiger partial charge in [0.2, 0.25) is 0 Å². The monoisotopic (exact) mass is 536 g/mol. The van der Waals surface area contributed by atoms with Crippen molar-refractivity contribution >= 4 is 17.4 Å². The van der Waals surface area contributed by atoms with Crippen LogP contribution >= 0.6 is 0 Å². The Hall–Kier alpha value is -3.36. The van der Waals surface area contributed by atoms with Crippen molar-refractivity contribution in [1.29, 1.82) is 0 Å². The van der Waals surface area contributed by atoms with E-state index in [1.54, 1.807) is 29.2 Å². The van der Waals surface area contributed by atoms with E-state index in [0.717, 1.165) is 43.8 Å². The second kappa shape index (κ2) is 13.6. The van der Waals surface area contributed by atoms with Gasteiger partial charge in [-0.15, -0.1) is 0 Å². The van der Waals surface area contributed by atoms with E-state index in [1.807, 2.05) is 38.1 Å². The first-order valence-corrected chi connectivity index (χ1v) is 14.0. The number of nitrogens with zero attached hydrogens (tertiary/aromatic N) is 2. The molecule has 0 bridgehead atoms. The second-order valence-electron chi connectivity index (χ2n) is 10.3. The minimum absolute atomic E-state index is 0.0150. The number of aliphatic hydroxyl groups is 1. The van der Waals surface area contributed by atoms with Gasteiger partial charge in [-0.25, -0.2) is 0 Å². The number of amides is 1. The molecule has 1 unspecified atom stereocenters. The molecule has 0 radical (unpaired) electrons. The highest BCUT2D eigenvalue weighted by molar-refractivity contribution is 6.46. The molecule has 8 heteroatoms. The maximum atomic E-state index is 13.3. The summed E-state index contributed by atoms with van der Waals surface area (Å²) in [7, 11) is 0. The summed E-state index contributed by atoms with van der Waals surface area (Å²) in [6.45, 7) is 11.0. The van der Waals surface area contributed by atoms with Gasteiger partial charge < -0.3 is 24.2 Å². The van der Waals surface area contributed by atoms with E-state index in [2.05, 4.69) is 11.8 Å². The number of ether oxygens (including phenoxy) is 3. The number of unbranched alkanes of at least 4 members (excludes halogenated alkanes) is 1. The first-order valence-electron chi connectivity index (χ1n) is 14.0. The summed E-state index contributed by atoms with van der Waals surface area (Å²) in [5.74, 6) is -0.0489. The van der Waals surface area contributed by atoms with E-state index >= 15 is 0 Å². The van der Waals surface area contributed by atoms with Gasteiger partial charge >= 0.3 is 0 Å². The fourth-order valence-corrected chi connectivity index (χ4v) is 4.95. The molecule has 2 aromatic carbocycles. The highest BCUT2D eigenvalue weighted by Crippen LogP contribution is 2.40. The number of ketones is 1. The first kappa shape index (κ1) is 28.6. The summed E-state index contributed by atoms with van der Waals surface area (Å²) in [5.41, 5.74) is 1.32. The lowest BCUT2D eigenvalue weighted by atomic mass is 9.95. The Morgan fingerprint density at radius 1 is 0.974 bits per heavy atom. The van der Waals surface area contributed by atoms with Crippen molar-refractivity contribution in [1.82, 2.24) is 9.80 Å². The number of carbonyl (C=O) groups is 2. The van der Waals surface area contributed by atoms with Crippen LogP contribution in [0.5, 0.6) is 11.5 Å². The van der Waals surface area contributed by atoms with Crippen molar-refractivity contribution in [2.24, 2.45) is 0 Å². The fourth-order valence-electron chi connectivity index (χ4n) is 4.95. The lowest BCUT2D eigenvalue weighted by Crippen LogP contribution is -2.38. The van der Waals surface area contributed by atoms with E-state index < -0.39 is 17.7 Å². The van der Waals surface area contributed by atoms with Crippen LogP contribution in [0.1, 0.15) is 57.2 Å². The molecular formula is C31H40N2O6. The van der Waals surface area contributed by atoms with Gasteiger partial charge in [-0.3, -0.25) is 14.5 Å². The van der Waals surface area contributed by atoms with Crippen molar-refractivity contribution in [3.05, 3.63) is 65.2 Å². The summed E-state index contributed by atoms with van der Waals surface area (Å²) in [6.07, 6.45) is 2.73. The van der Waals surface area contributed by atoms with Crippen LogP contribution in [0.25, 0.3) is 5.76 Å². The van der Waals surface area contributed by atoms with Crippen LogP contribution in [-0.2, 0) is 14.3 Å². The van der Waals surface area contributed by atoms with Crippen LogP contribution < -0.4 is 9.47 Å². The number of benzene rings is 2. The number of hydrogen-bond donors (Lipinski definition) is 1. The van der Waals surface area contributed by atoms with E-state index in [9.17, 15) is 14.7 Å². The van der Waals surface area contributed by atoms with Crippen molar-refractivity contribution in [2.45, 2.75) is 52.2 Å². The van der Waals surface area contributed by atoms with Crippen LogP contribution in [0.2, 0.25) is 0 Å². The quantitative estimate of drug-likeness (QED) is 0.180. The normalized spacial score (nSPS) is 19.6. The Morgan fingerprint density at radius 3 is 2.28 bits per heavy atom. The first-order chi connectivity index (χ1) is 18.9. The third kappa shape index (κ3) is 7.19. The second-order valence-corrected chi connectivity index (χ2v) is 10.3. The Kier molecular flexibility index (Phi) is 10.0. The third-order valence-electron chi connectivity index (χ3n) is 6.98. The third-order valence-corrected chi connectivity index (χ3v) is 6.98. The minimum Gasteiger partial charge on any atom is -0.507 e. The summed E-state index contributed by atoms with van der Waals surface area (Å²) in [4.78, 5) is 30.5. The van der Waals surface area contributed by atoms with Crippen molar-refractivity contribution in [2.75, 3.05) is 46.0 Å². The van der Waals surface area contributed by atoms with E-state index in [0.29, 0.717) is 44.1 Å². The molecule has 0 aromatic heterocycles. The molecule has 2 fully saturated rings. The lowest BCUT2D eigenvalue weighted by Gasteiger charge is -2.29. The van der Waals surface area contributed by atoms with Crippen molar-refractivity contribution in [3.63, 3.8) is 0 Å². The van der Waals surface area contributed by atoms with Gasteiger partial charge in [0.15, 0.2) is 0 Å². The molecule has 1 N–H and O–H groups in total. The average molecular weight is 537 g/mol. The van der Waals surface area contributed by atoms with Crippen LogP contribution in [0.15, 0.2) is 54.1 Å². The Morgan fingerprint density at radius 2 is 1.64 bits per heavy atom. The summed E-state index contributed by atoms with van der Waals surface area (Å²) in [5, 5.41) is 11.4. The molecule has 210 valence electrons. The molecule has 4 rings (SSSR count). The molecule has 2 aliphatic heterocycles. The molecule has 2 aliphatic rings. The summed E-state index contributed by atoms with van der Waals surface area (Å²) >= 11 is 0. The van der Waals surface area contributed by atoms with Crippen LogP contribution in [0.3, 0.4) is 0 Å². The number of rotatable bonds is 12. The predicted molar refractivity (Wildman–Crippen MR) is 150 cm³/mol. The number of aliphatic hydroxyl groups excluding tert-OH is 1. The largest absolute Gasteiger partial charge is 0.507 e. The number of hydrogen-bond acceptors (Lipinski definition) is 7. The number of Topliss-reactive ketones (excluding diaryl/α,β-unsaturated/α-hetero) is 1. The molecule has 2 heterocycles. The van der Waals surface area contributed by atoms with Crippen molar-refractivity contribution in [3.8, 4) is 11.5 Å². The van der Waals surface area contributed by atoms with Gasteiger partial charge in [-0.05, 0) is 68.7 Å². The highest BCUT2D eigenvalue weighted by atomic mass is 16.5. The Labute approximate surface area is 231 Å². The molecule has 0 saturated carbocycles.